The van der Waals surface area contributed by atoms with Crippen LogP contribution in [0.2, 0.25) is 0 Å². The summed E-state index contributed by atoms with van der Waals surface area (Å²) >= 11 is 0. The second-order valence-corrected chi connectivity index (χ2v) is 4.18. The summed E-state index contributed by atoms with van der Waals surface area (Å²) in [7, 11) is -11.1. The average molecular weight is 286 g/mol. The van der Waals surface area contributed by atoms with Crippen molar-refractivity contribution in [2.45, 2.75) is 6.92 Å². The van der Waals surface area contributed by atoms with Gasteiger partial charge in [0.1, 0.15) is 0 Å². The quantitative estimate of drug-likeness (QED) is 0.368. The number of hydrogen-bond donors (Lipinski definition) is 0. The zero-order valence-electron chi connectivity index (χ0n) is 8.66. The molecule has 0 aliphatic rings. The van der Waals surface area contributed by atoms with Crippen LogP contribution in [0.5, 0.6) is 0 Å². The Morgan fingerprint density at radius 1 is 1.07 bits per heavy atom. The molecule has 0 amide bonds. The monoisotopic (exact) mass is 286 g/mol. The van der Waals surface area contributed by atoms with Crippen LogP contribution < -0.4 is 103 Å². The molecule has 1 atom stereocenters. The van der Waals surface area contributed by atoms with E-state index in [1.165, 1.54) is 0 Å². The third-order valence-electron chi connectivity index (χ3n) is 0.440. The zero-order valence-corrected chi connectivity index (χ0v) is 16.4. The first-order chi connectivity index (χ1) is 5.12. The van der Waals surface area contributed by atoms with Gasteiger partial charge in [0, 0.05) is 6.92 Å². The third-order valence-corrected chi connectivity index (χ3v) is 2.52. The number of hydrogen-bond acceptors (Lipinski definition) is 8. The minimum Gasteiger partial charge on any atom is -0.789 e. The fourth-order valence-corrected chi connectivity index (χ4v) is 1.72. The Hall–Kier alpha value is 2.77. The number of rotatable bonds is 3. The predicted molar refractivity (Wildman–Crippen MR) is 28.1 cm³/mol. The van der Waals surface area contributed by atoms with Gasteiger partial charge in [0.15, 0.2) is 0 Å². The first-order valence-electron chi connectivity index (χ1n) is 2.37. The summed E-state index contributed by atoms with van der Waals surface area (Å²) in [4.78, 5) is 39.7. The standard InChI is InChI=1S/C2H6O8P2.3Na/c1-2(3)9-12(7,8)10-11(4,5)6;;;/h1H3,(H,7,8)(H2,4,5,6);;;/q;3*+1/p-3. The molecule has 15 heavy (non-hydrogen) atoms. The van der Waals surface area contributed by atoms with E-state index in [0.717, 1.165) is 0 Å². The first kappa shape index (κ1) is 26.4. The number of carbonyl (C=O) groups is 1. The second-order valence-electron chi connectivity index (χ2n) is 1.56. The van der Waals surface area contributed by atoms with Crippen LogP contribution in [0.25, 0.3) is 0 Å². The fourth-order valence-electron chi connectivity index (χ4n) is 0.297. The minimum absolute atomic E-state index is 0. The van der Waals surface area contributed by atoms with Gasteiger partial charge in [-0.15, -0.1) is 0 Å². The molecule has 0 aliphatic carbocycles. The van der Waals surface area contributed by atoms with Gasteiger partial charge in [0.2, 0.25) is 0 Å². The number of phosphoric ester groups is 1. The Bertz CT molecular complexity index is 273. The van der Waals surface area contributed by atoms with Gasteiger partial charge in [-0.2, -0.15) is 0 Å². The van der Waals surface area contributed by atoms with Gasteiger partial charge >= 0.3 is 102 Å². The van der Waals surface area contributed by atoms with E-state index < -0.39 is 21.6 Å². The van der Waals surface area contributed by atoms with Crippen LogP contribution in [-0.4, -0.2) is 5.97 Å². The van der Waals surface area contributed by atoms with Crippen molar-refractivity contribution in [2.24, 2.45) is 0 Å². The van der Waals surface area contributed by atoms with Gasteiger partial charge in [0.25, 0.3) is 0 Å². The van der Waals surface area contributed by atoms with Gasteiger partial charge < -0.3 is 23.8 Å². The molecule has 0 rings (SSSR count). The average Bonchev–Trinajstić information content (AvgIpc) is 1.48. The molecule has 0 aromatic heterocycles. The second kappa shape index (κ2) is 10.7. The maximum Gasteiger partial charge on any atom is 1.00 e. The van der Waals surface area contributed by atoms with Crippen LogP contribution in [0, 0.1) is 0 Å². The molecule has 1 unspecified atom stereocenters. The fraction of sp³-hybridized carbons (Fsp3) is 0.500. The maximum atomic E-state index is 10.2. The summed E-state index contributed by atoms with van der Waals surface area (Å²) in [5, 5.41) is 0. The van der Waals surface area contributed by atoms with Gasteiger partial charge in [-0.1, -0.05) is 0 Å². The summed E-state index contributed by atoms with van der Waals surface area (Å²) < 4.78 is 26.3. The summed E-state index contributed by atoms with van der Waals surface area (Å²) in [6, 6.07) is 0. The van der Waals surface area contributed by atoms with Crippen molar-refractivity contribution in [1.29, 1.82) is 0 Å². The van der Waals surface area contributed by atoms with Crippen LogP contribution in [0.4, 0.5) is 0 Å². The predicted octanol–water partition coefficient (Wildman–Crippen LogP) is -11.1. The van der Waals surface area contributed by atoms with Crippen molar-refractivity contribution in [1.82, 2.24) is 0 Å². The van der Waals surface area contributed by atoms with Crippen LogP contribution >= 0.6 is 15.6 Å². The summed E-state index contributed by atoms with van der Waals surface area (Å²) in [5.74, 6) is -1.30. The third kappa shape index (κ3) is 19.3. The number of carbonyl (C=O) groups excluding carboxylic acids is 1. The molecule has 0 radical (unpaired) electrons. The topological polar surface area (TPSA) is 139 Å². The van der Waals surface area contributed by atoms with Gasteiger partial charge in [-0.25, -0.2) is 0 Å². The Kier molecular flexibility index (Phi) is 18.7. The molecular weight excluding hydrogens is 283 g/mol. The summed E-state index contributed by atoms with van der Waals surface area (Å²) in [5.41, 5.74) is 0. The molecule has 0 saturated heterocycles. The molecule has 0 bridgehead atoms. The van der Waals surface area contributed by atoms with E-state index in [1.807, 2.05) is 0 Å². The molecule has 0 aliphatic heterocycles. The van der Waals surface area contributed by atoms with Crippen molar-refractivity contribution in [2.75, 3.05) is 0 Å². The molecule has 8 nitrogen and oxygen atoms in total. The van der Waals surface area contributed by atoms with Crippen LogP contribution in [-0.2, 0) is 22.8 Å². The van der Waals surface area contributed by atoms with Crippen LogP contribution in [0.1, 0.15) is 6.92 Å². The van der Waals surface area contributed by atoms with Gasteiger partial charge in [-0.3, -0.25) is 13.7 Å². The van der Waals surface area contributed by atoms with E-state index in [4.69, 9.17) is 0 Å². The Morgan fingerprint density at radius 2 is 1.40 bits per heavy atom. The SMILES string of the molecule is CC(=O)OP(=O)([O-])OP(=O)([O-])[O-].[Na+].[Na+].[Na+]. The van der Waals surface area contributed by atoms with E-state index in [2.05, 4.69) is 8.83 Å². The van der Waals surface area contributed by atoms with Gasteiger partial charge in [0.05, 0.1) is 7.82 Å². The molecule has 0 fully saturated rings. The smallest absolute Gasteiger partial charge is 0.789 e. The molecule has 72 valence electrons. The van der Waals surface area contributed by atoms with E-state index in [0.29, 0.717) is 6.92 Å². The van der Waals surface area contributed by atoms with Crippen LogP contribution in [0.3, 0.4) is 0 Å². The molecular formula is C2H3Na3O8P2. The first-order valence-corrected chi connectivity index (χ1v) is 5.29. The van der Waals surface area contributed by atoms with Crippen molar-refractivity contribution in [3.8, 4) is 0 Å². The van der Waals surface area contributed by atoms with Crippen molar-refractivity contribution in [3.05, 3.63) is 0 Å². The molecule has 0 aromatic rings. The van der Waals surface area contributed by atoms with Crippen LogP contribution in [0.15, 0.2) is 0 Å². The van der Waals surface area contributed by atoms with E-state index in [9.17, 15) is 28.6 Å². The van der Waals surface area contributed by atoms with Crippen molar-refractivity contribution in [3.63, 3.8) is 0 Å². The molecule has 0 spiro atoms. The van der Waals surface area contributed by atoms with Crippen molar-refractivity contribution >= 4 is 21.6 Å². The summed E-state index contributed by atoms with van der Waals surface area (Å²) in [6.45, 7) is 0.703. The van der Waals surface area contributed by atoms with Crippen molar-refractivity contribution < 1.29 is 126 Å². The normalized spacial score (nSPS) is 13.3. The Labute approximate surface area is 152 Å². The molecule has 0 heterocycles. The Balaban J connectivity index is -0.000000202. The molecule has 0 saturated carbocycles. The maximum absolute atomic E-state index is 10.2. The molecule has 13 heteroatoms. The largest absolute Gasteiger partial charge is 1.00 e. The molecule has 0 N–H and O–H groups in total. The zero-order chi connectivity index (χ0) is 9.99. The number of phosphoric acid groups is 2. The van der Waals surface area contributed by atoms with E-state index >= 15 is 0 Å². The Morgan fingerprint density at radius 3 is 1.60 bits per heavy atom. The van der Waals surface area contributed by atoms with E-state index in [1.54, 1.807) is 0 Å². The molecule has 0 aromatic carbocycles. The summed E-state index contributed by atoms with van der Waals surface area (Å²) in [6.07, 6.45) is 0. The van der Waals surface area contributed by atoms with Gasteiger partial charge in [-0.05, 0) is 0 Å². The van der Waals surface area contributed by atoms with E-state index in [-0.39, 0.29) is 88.7 Å². The minimum atomic E-state index is -5.70.